The van der Waals surface area contributed by atoms with Crippen LogP contribution in [0.15, 0.2) is 5.51 Å². The molecule has 0 saturated carbocycles. The maximum absolute atomic E-state index is 5.92. The van der Waals surface area contributed by atoms with Crippen LogP contribution >= 0.6 is 27.3 Å². The van der Waals surface area contributed by atoms with Crippen LogP contribution in [0.2, 0.25) is 0 Å². The summed E-state index contributed by atoms with van der Waals surface area (Å²) in [6, 6.07) is 0. The summed E-state index contributed by atoms with van der Waals surface area (Å²) in [5, 5.41) is 9.80. The van der Waals surface area contributed by atoms with Crippen LogP contribution in [0.4, 0.5) is 5.13 Å². The van der Waals surface area contributed by atoms with Crippen LogP contribution in [-0.4, -0.2) is 40.3 Å². The van der Waals surface area contributed by atoms with E-state index >= 15 is 0 Å². The molecule has 4 nitrogen and oxygen atoms in total. The molecule has 0 spiro atoms. The summed E-state index contributed by atoms with van der Waals surface area (Å²) >= 11 is 5.04. The van der Waals surface area contributed by atoms with Gasteiger partial charge in [-0.05, 0) is 13.8 Å². The largest absolute Gasteiger partial charge is 0.368 e. The van der Waals surface area contributed by atoms with Crippen molar-refractivity contribution in [2.24, 2.45) is 0 Å². The highest BCUT2D eigenvalue weighted by molar-refractivity contribution is 9.09. The maximum atomic E-state index is 5.92. The minimum absolute atomic E-state index is 0.123. The fourth-order valence-corrected chi connectivity index (χ4v) is 2.73. The highest BCUT2D eigenvalue weighted by atomic mass is 79.9. The van der Waals surface area contributed by atoms with Crippen molar-refractivity contribution in [3.8, 4) is 0 Å². The molecule has 2 rings (SSSR count). The van der Waals surface area contributed by atoms with Crippen LogP contribution in [0.3, 0.4) is 0 Å². The number of halogens is 1. The van der Waals surface area contributed by atoms with Gasteiger partial charge in [-0.25, -0.2) is 0 Å². The zero-order valence-electron chi connectivity index (χ0n) is 8.81. The van der Waals surface area contributed by atoms with Gasteiger partial charge in [-0.3, -0.25) is 0 Å². The number of anilines is 1. The molecule has 15 heavy (non-hydrogen) atoms. The smallest absolute Gasteiger partial charge is 0.208 e. The number of hydrogen-bond donors (Lipinski definition) is 0. The SMILES string of the molecule is CC1(C)CN(c2nncs2)CC(CBr)O1. The maximum Gasteiger partial charge on any atom is 0.208 e. The van der Waals surface area contributed by atoms with Crippen LogP contribution in [0.1, 0.15) is 13.8 Å². The van der Waals surface area contributed by atoms with Gasteiger partial charge < -0.3 is 9.64 Å². The van der Waals surface area contributed by atoms with Gasteiger partial charge in [0, 0.05) is 18.4 Å². The summed E-state index contributed by atoms with van der Waals surface area (Å²) in [5.41, 5.74) is 1.64. The summed E-state index contributed by atoms with van der Waals surface area (Å²) in [7, 11) is 0. The molecule has 1 aromatic rings. The molecule has 0 aliphatic carbocycles. The topological polar surface area (TPSA) is 38.2 Å². The molecule has 6 heteroatoms. The molecule has 0 amide bonds. The van der Waals surface area contributed by atoms with Gasteiger partial charge in [-0.15, -0.1) is 10.2 Å². The molecule has 1 unspecified atom stereocenters. The van der Waals surface area contributed by atoms with Gasteiger partial charge in [0.15, 0.2) is 0 Å². The average Bonchev–Trinajstić information content (AvgIpc) is 2.68. The third-order valence-electron chi connectivity index (χ3n) is 2.27. The van der Waals surface area contributed by atoms with Crippen LogP contribution in [0, 0.1) is 0 Å². The average molecular weight is 292 g/mol. The van der Waals surface area contributed by atoms with Crippen molar-refractivity contribution in [2.75, 3.05) is 23.3 Å². The number of rotatable bonds is 2. The highest BCUT2D eigenvalue weighted by Crippen LogP contribution is 2.27. The van der Waals surface area contributed by atoms with Crippen LogP contribution in [0.25, 0.3) is 0 Å². The van der Waals surface area contributed by atoms with Gasteiger partial charge in [0.2, 0.25) is 5.13 Å². The Kier molecular flexibility index (Phi) is 3.27. The van der Waals surface area contributed by atoms with Gasteiger partial charge in [0.25, 0.3) is 0 Å². The van der Waals surface area contributed by atoms with E-state index in [1.165, 1.54) is 0 Å². The van der Waals surface area contributed by atoms with Crippen LogP contribution < -0.4 is 4.90 Å². The fourth-order valence-electron chi connectivity index (χ4n) is 1.83. The van der Waals surface area contributed by atoms with Crippen molar-refractivity contribution >= 4 is 32.4 Å². The second-order valence-electron chi connectivity index (χ2n) is 4.26. The minimum atomic E-state index is -0.123. The Bertz CT molecular complexity index is 317. The second kappa shape index (κ2) is 4.35. The van der Waals surface area contributed by atoms with Crippen molar-refractivity contribution in [3.63, 3.8) is 0 Å². The molecule has 1 atom stereocenters. The molecule has 1 aromatic heterocycles. The molecule has 0 aromatic carbocycles. The molecule has 1 fully saturated rings. The summed E-state index contributed by atoms with van der Waals surface area (Å²) in [6.45, 7) is 5.96. The van der Waals surface area contributed by atoms with E-state index in [9.17, 15) is 0 Å². The van der Waals surface area contributed by atoms with Crippen molar-refractivity contribution < 1.29 is 4.74 Å². The van der Waals surface area contributed by atoms with E-state index < -0.39 is 0 Å². The zero-order valence-corrected chi connectivity index (χ0v) is 11.2. The Balaban J connectivity index is 2.13. The Morgan fingerprint density at radius 2 is 2.53 bits per heavy atom. The third kappa shape index (κ3) is 2.68. The van der Waals surface area contributed by atoms with E-state index in [4.69, 9.17) is 4.74 Å². The molecule has 1 aliphatic rings. The van der Waals surface area contributed by atoms with Gasteiger partial charge >= 0.3 is 0 Å². The molecule has 84 valence electrons. The first-order chi connectivity index (χ1) is 7.11. The van der Waals surface area contributed by atoms with Gasteiger partial charge in [-0.2, -0.15) is 0 Å². The Hall–Kier alpha value is -0.200. The number of ether oxygens (including phenoxy) is 1. The van der Waals surface area contributed by atoms with E-state index in [0.717, 1.165) is 23.6 Å². The van der Waals surface area contributed by atoms with Crippen molar-refractivity contribution in [1.29, 1.82) is 0 Å². The van der Waals surface area contributed by atoms with Gasteiger partial charge in [0.1, 0.15) is 5.51 Å². The number of morpholine rings is 1. The quantitative estimate of drug-likeness (QED) is 0.781. The lowest BCUT2D eigenvalue weighted by molar-refractivity contribution is -0.0724. The molecule has 0 radical (unpaired) electrons. The Morgan fingerprint density at radius 1 is 1.73 bits per heavy atom. The number of nitrogens with zero attached hydrogens (tertiary/aromatic N) is 3. The number of aromatic nitrogens is 2. The normalized spacial score (nSPS) is 25.5. The van der Waals surface area contributed by atoms with E-state index in [-0.39, 0.29) is 11.7 Å². The van der Waals surface area contributed by atoms with E-state index in [1.54, 1.807) is 16.8 Å². The second-order valence-corrected chi connectivity index (χ2v) is 5.71. The number of alkyl halides is 1. The lowest BCUT2D eigenvalue weighted by Gasteiger charge is -2.42. The Labute approximate surface area is 102 Å². The first-order valence-corrected chi connectivity index (χ1v) is 6.86. The fraction of sp³-hybridized carbons (Fsp3) is 0.778. The highest BCUT2D eigenvalue weighted by Gasteiger charge is 2.33. The summed E-state index contributed by atoms with van der Waals surface area (Å²) in [5.74, 6) is 0. The molecule has 2 heterocycles. The summed E-state index contributed by atoms with van der Waals surface area (Å²) < 4.78 is 5.92. The molecule has 1 saturated heterocycles. The summed E-state index contributed by atoms with van der Waals surface area (Å²) in [6.07, 6.45) is 0.220. The lowest BCUT2D eigenvalue weighted by atomic mass is 10.1. The molecule has 0 bridgehead atoms. The van der Waals surface area contributed by atoms with E-state index in [0.29, 0.717) is 0 Å². The predicted molar refractivity (Wildman–Crippen MR) is 64.9 cm³/mol. The van der Waals surface area contributed by atoms with Gasteiger partial charge in [0.05, 0.1) is 11.7 Å². The standard InChI is InChI=1S/C9H14BrN3OS/c1-9(2)5-13(4-7(3-10)14-9)8-12-11-6-15-8/h6-7H,3-5H2,1-2H3. The third-order valence-corrected chi connectivity index (χ3v) is 3.75. The Morgan fingerprint density at radius 3 is 3.13 bits per heavy atom. The molecule has 1 aliphatic heterocycles. The predicted octanol–water partition coefficient (Wildman–Crippen LogP) is 1.92. The van der Waals surface area contributed by atoms with Crippen LogP contribution in [0.5, 0.6) is 0 Å². The minimum Gasteiger partial charge on any atom is -0.368 e. The molecular weight excluding hydrogens is 278 g/mol. The molecule has 0 N–H and O–H groups in total. The van der Waals surface area contributed by atoms with E-state index in [1.807, 2.05) is 0 Å². The summed E-state index contributed by atoms with van der Waals surface area (Å²) in [4.78, 5) is 2.24. The first-order valence-electron chi connectivity index (χ1n) is 4.85. The molecular formula is C9H14BrN3OS. The monoisotopic (exact) mass is 291 g/mol. The van der Waals surface area contributed by atoms with Crippen molar-refractivity contribution in [1.82, 2.24) is 10.2 Å². The van der Waals surface area contributed by atoms with Crippen molar-refractivity contribution in [3.05, 3.63) is 5.51 Å². The van der Waals surface area contributed by atoms with Crippen LogP contribution in [-0.2, 0) is 4.74 Å². The first kappa shape index (κ1) is 11.3. The lowest BCUT2D eigenvalue weighted by Crippen LogP contribution is -2.53. The van der Waals surface area contributed by atoms with Gasteiger partial charge in [-0.1, -0.05) is 27.3 Å². The van der Waals surface area contributed by atoms with E-state index in [2.05, 4.69) is 44.9 Å². The number of hydrogen-bond acceptors (Lipinski definition) is 5. The zero-order chi connectivity index (χ0) is 10.9. The van der Waals surface area contributed by atoms with Crippen molar-refractivity contribution in [2.45, 2.75) is 25.6 Å².